The van der Waals surface area contributed by atoms with Crippen LogP contribution in [0.4, 0.5) is 5.82 Å². The highest BCUT2D eigenvalue weighted by atomic mass is 32.2. The number of nitrogens with one attached hydrogen (secondary N) is 1. The fourth-order valence-corrected chi connectivity index (χ4v) is 1.99. The number of aliphatic hydroxyl groups is 1. The van der Waals surface area contributed by atoms with E-state index >= 15 is 0 Å². The number of nitrogens with two attached hydrogens (primary N) is 1. The first-order valence-corrected chi connectivity index (χ1v) is 6.30. The summed E-state index contributed by atoms with van der Waals surface area (Å²) in [5.74, 6) is -1.58. The third-order valence-corrected chi connectivity index (χ3v) is 3.42. The molecule has 1 heterocycles. The van der Waals surface area contributed by atoms with Crippen LogP contribution in [0, 0.1) is 10.1 Å². The predicted molar refractivity (Wildman–Crippen MR) is 61.3 cm³/mol. The first kappa shape index (κ1) is 14.9. The zero-order valence-corrected chi connectivity index (χ0v) is 10.2. The van der Waals surface area contributed by atoms with Crippen LogP contribution < -0.4 is 10.5 Å². The van der Waals surface area contributed by atoms with Gasteiger partial charge in [-0.3, -0.25) is 4.79 Å². The molecule has 0 saturated heterocycles. The van der Waals surface area contributed by atoms with E-state index in [0.717, 1.165) is 18.3 Å². The summed E-state index contributed by atoms with van der Waals surface area (Å²) in [6.45, 7) is -0.603. The summed E-state index contributed by atoms with van der Waals surface area (Å²) in [6.07, 6.45) is -0.877. The van der Waals surface area contributed by atoms with E-state index in [9.17, 15) is 23.3 Å². The lowest BCUT2D eigenvalue weighted by molar-refractivity contribution is -0.389. The van der Waals surface area contributed by atoms with Crippen molar-refractivity contribution in [2.24, 2.45) is 5.73 Å². The van der Waals surface area contributed by atoms with E-state index in [1.807, 2.05) is 4.72 Å². The molecule has 0 aliphatic carbocycles. The largest absolute Gasteiger partial charge is 0.382 e. The number of hydrogen-bond donors (Lipinski definition) is 3. The van der Waals surface area contributed by atoms with Crippen LogP contribution >= 0.6 is 0 Å². The van der Waals surface area contributed by atoms with Crippen molar-refractivity contribution in [3.8, 4) is 0 Å². The topological polar surface area (TPSA) is 166 Å². The van der Waals surface area contributed by atoms with Gasteiger partial charge in [-0.05, 0) is 16.0 Å². The summed E-state index contributed by atoms with van der Waals surface area (Å²) in [5, 5.41) is 19.4. The molecule has 1 aromatic rings. The third kappa shape index (κ3) is 3.94. The first-order valence-electron chi connectivity index (χ1n) is 4.81. The van der Waals surface area contributed by atoms with Gasteiger partial charge < -0.3 is 21.0 Å². The molecule has 0 bridgehead atoms. The highest BCUT2D eigenvalue weighted by Gasteiger charge is 2.20. The van der Waals surface area contributed by atoms with Crippen molar-refractivity contribution in [1.82, 2.24) is 9.71 Å². The van der Waals surface area contributed by atoms with Crippen molar-refractivity contribution < 1.29 is 23.2 Å². The second-order valence-electron chi connectivity index (χ2n) is 3.38. The van der Waals surface area contributed by atoms with Crippen LogP contribution in [0.5, 0.6) is 0 Å². The minimum Gasteiger partial charge on any atom is -0.382 e. The number of amides is 1. The van der Waals surface area contributed by atoms with E-state index < -0.39 is 39.3 Å². The van der Waals surface area contributed by atoms with Gasteiger partial charge in [0.05, 0.1) is 0 Å². The van der Waals surface area contributed by atoms with Crippen LogP contribution in [-0.4, -0.2) is 42.0 Å². The standard InChI is InChI=1S/C8H10N4O6S/c9-8(14)6(13)4-11-19(17,18)5-1-2-7(10-3-5)12(15)16/h1-3,6,11,13H,4H2,(H2,9,14). The number of aliphatic hydroxyl groups excluding tert-OH is 1. The smallest absolute Gasteiger partial charge is 0.363 e. The first-order chi connectivity index (χ1) is 8.74. The lowest BCUT2D eigenvalue weighted by atomic mass is 10.3. The highest BCUT2D eigenvalue weighted by Crippen LogP contribution is 2.11. The second-order valence-corrected chi connectivity index (χ2v) is 5.15. The SMILES string of the molecule is NC(=O)C(O)CNS(=O)(=O)c1ccc([N+](=O)[O-])nc1. The van der Waals surface area contributed by atoms with Crippen LogP contribution in [0.1, 0.15) is 0 Å². The molecular weight excluding hydrogens is 280 g/mol. The second kappa shape index (κ2) is 5.69. The maximum absolute atomic E-state index is 11.7. The van der Waals surface area contributed by atoms with E-state index in [0.29, 0.717) is 0 Å². The summed E-state index contributed by atoms with van der Waals surface area (Å²) >= 11 is 0. The fourth-order valence-electron chi connectivity index (χ4n) is 1.01. The van der Waals surface area contributed by atoms with Crippen LogP contribution in [0.15, 0.2) is 23.2 Å². The lowest BCUT2D eigenvalue weighted by Crippen LogP contribution is -2.39. The fraction of sp³-hybridized carbons (Fsp3) is 0.250. The van der Waals surface area contributed by atoms with Gasteiger partial charge in [0.25, 0.3) is 0 Å². The Bertz CT molecular complexity index is 584. The average Bonchev–Trinajstić information content (AvgIpc) is 2.36. The maximum atomic E-state index is 11.7. The summed E-state index contributed by atoms with van der Waals surface area (Å²) in [7, 11) is -4.03. The number of carbonyl (C=O) groups is 1. The number of sulfonamides is 1. The molecule has 0 aliphatic rings. The van der Waals surface area contributed by atoms with Crippen molar-refractivity contribution in [2.45, 2.75) is 11.0 Å². The van der Waals surface area contributed by atoms with Crippen molar-refractivity contribution in [3.63, 3.8) is 0 Å². The van der Waals surface area contributed by atoms with Gasteiger partial charge in [0, 0.05) is 12.6 Å². The minimum atomic E-state index is -4.03. The summed E-state index contributed by atoms with van der Waals surface area (Å²) < 4.78 is 25.2. The summed E-state index contributed by atoms with van der Waals surface area (Å²) in [6, 6.07) is 1.89. The Hall–Kier alpha value is -2.11. The van der Waals surface area contributed by atoms with E-state index in [-0.39, 0.29) is 4.90 Å². The molecule has 0 saturated carbocycles. The van der Waals surface area contributed by atoms with Gasteiger partial charge in [-0.15, -0.1) is 0 Å². The molecule has 0 aliphatic heterocycles. The molecule has 0 fully saturated rings. The number of pyridine rings is 1. The molecule has 11 heteroatoms. The molecule has 1 rings (SSSR count). The van der Waals surface area contributed by atoms with E-state index in [4.69, 9.17) is 10.8 Å². The van der Waals surface area contributed by atoms with Gasteiger partial charge in [-0.25, -0.2) is 13.1 Å². The molecule has 0 radical (unpaired) electrons. The normalized spacial score (nSPS) is 12.9. The van der Waals surface area contributed by atoms with Crippen LogP contribution in [0.3, 0.4) is 0 Å². The van der Waals surface area contributed by atoms with E-state index in [2.05, 4.69) is 4.98 Å². The molecule has 0 aromatic carbocycles. The molecule has 19 heavy (non-hydrogen) atoms. The van der Waals surface area contributed by atoms with E-state index in [1.54, 1.807) is 0 Å². The summed E-state index contributed by atoms with van der Waals surface area (Å²) in [5.41, 5.74) is 4.75. The van der Waals surface area contributed by atoms with Crippen LogP contribution in [0.25, 0.3) is 0 Å². The van der Waals surface area contributed by atoms with Gasteiger partial charge in [0.2, 0.25) is 15.9 Å². The Morgan fingerprint density at radius 1 is 1.58 bits per heavy atom. The van der Waals surface area contributed by atoms with Gasteiger partial charge in [-0.2, -0.15) is 0 Å². The molecule has 1 atom stereocenters. The Kier molecular flexibility index (Phi) is 4.47. The van der Waals surface area contributed by atoms with Crippen molar-refractivity contribution in [2.75, 3.05) is 6.54 Å². The molecule has 104 valence electrons. The quantitative estimate of drug-likeness (QED) is 0.407. The Balaban J connectivity index is 2.83. The Morgan fingerprint density at radius 2 is 2.21 bits per heavy atom. The zero-order valence-electron chi connectivity index (χ0n) is 9.38. The van der Waals surface area contributed by atoms with Crippen molar-refractivity contribution in [1.29, 1.82) is 0 Å². The minimum absolute atomic E-state index is 0.338. The molecule has 0 spiro atoms. The summed E-state index contributed by atoms with van der Waals surface area (Å²) in [4.78, 5) is 23.1. The van der Waals surface area contributed by atoms with Gasteiger partial charge >= 0.3 is 5.82 Å². The van der Waals surface area contributed by atoms with Crippen LogP contribution in [0.2, 0.25) is 0 Å². The number of carbonyl (C=O) groups excluding carboxylic acids is 1. The molecule has 10 nitrogen and oxygen atoms in total. The third-order valence-electron chi connectivity index (χ3n) is 2.01. The monoisotopic (exact) mass is 290 g/mol. The van der Waals surface area contributed by atoms with Gasteiger partial charge in [0.15, 0.2) is 6.20 Å². The lowest BCUT2D eigenvalue weighted by Gasteiger charge is -2.08. The Labute approximate surface area is 107 Å². The number of rotatable bonds is 6. The maximum Gasteiger partial charge on any atom is 0.363 e. The molecule has 1 aromatic heterocycles. The molecule has 1 unspecified atom stereocenters. The van der Waals surface area contributed by atoms with Gasteiger partial charge in [-0.1, -0.05) is 0 Å². The van der Waals surface area contributed by atoms with Crippen molar-refractivity contribution in [3.05, 3.63) is 28.4 Å². The number of aromatic nitrogens is 1. The highest BCUT2D eigenvalue weighted by molar-refractivity contribution is 7.89. The zero-order chi connectivity index (χ0) is 14.6. The molecule has 4 N–H and O–H groups in total. The number of hydrogen-bond acceptors (Lipinski definition) is 7. The number of nitrogens with zero attached hydrogens (tertiary/aromatic N) is 2. The number of nitro groups is 1. The molecular formula is C8H10N4O6S. The van der Waals surface area contributed by atoms with Crippen LogP contribution in [-0.2, 0) is 14.8 Å². The average molecular weight is 290 g/mol. The Morgan fingerprint density at radius 3 is 2.63 bits per heavy atom. The van der Waals surface area contributed by atoms with Crippen molar-refractivity contribution >= 4 is 21.7 Å². The molecule has 1 amide bonds. The van der Waals surface area contributed by atoms with Gasteiger partial charge in [0.1, 0.15) is 11.0 Å². The number of primary amides is 1. The predicted octanol–water partition coefficient (Wildman–Crippen LogP) is -1.89. The van der Waals surface area contributed by atoms with E-state index in [1.165, 1.54) is 0 Å².